The smallest absolute Gasteiger partial charge is 0.271 e. The SMILES string of the molecule is Cc1ccc(/C=C2\SC(=S)N(CCCC(=O)c3c(C)c(C#N)c(=O)n(CC(C)C)c3O)C2=O)cc1. The van der Waals surface area contributed by atoms with Crippen molar-refractivity contribution in [3.63, 3.8) is 0 Å². The van der Waals surface area contributed by atoms with E-state index in [9.17, 15) is 24.8 Å². The molecule has 2 aromatic rings. The Morgan fingerprint density at radius 1 is 1.23 bits per heavy atom. The number of nitriles is 1. The third kappa shape index (κ3) is 5.72. The minimum absolute atomic E-state index is 0.0211. The number of ketones is 1. The van der Waals surface area contributed by atoms with Crippen LogP contribution in [0.4, 0.5) is 0 Å². The first-order valence-corrected chi connectivity index (χ1v) is 12.5. The molecule has 182 valence electrons. The van der Waals surface area contributed by atoms with E-state index in [2.05, 4.69) is 0 Å². The zero-order valence-electron chi connectivity index (χ0n) is 20.1. The lowest BCUT2D eigenvalue weighted by Crippen LogP contribution is -2.30. The number of amides is 1. The van der Waals surface area contributed by atoms with Crippen LogP contribution in [0.15, 0.2) is 34.0 Å². The highest BCUT2D eigenvalue weighted by Gasteiger charge is 2.32. The largest absolute Gasteiger partial charge is 0.494 e. The van der Waals surface area contributed by atoms with E-state index in [4.69, 9.17) is 12.2 Å². The van der Waals surface area contributed by atoms with Crippen LogP contribution in [-0.2, 0) is 11.3 Å². The number of rotatable bonds is 8. The Kier molecular flexibility index (Phi) is 8.30. The van der Waals surface area contributed by atoms with E-state index in [-0.39, 0.29) is 48.0 Å². The fraction of sp³-hybridized carbons (Fsp3) is 0.346. The van der Waals surface area contributed by atoms with Gasteiger partial charge in [0.2, 0.25) is 5.88 Å². The number of carbonyl (C=O) groups is 2. The van der Waals surface area contributed by atoms with Gasteiger partial charge in [-0.2, -0.15) is 5.26 Å². The molecule has 9 heteroatoms. The van der Waals surface area contributed by atoms with E-state index in [1.165, 1.54) is 23.6 Å². The van der Waals surface area contributed by atoms with Crippen molar-refractivity contribution in [2.75, 3.05) is 6.54 Å². The molecular weight excluding hydrogens is 482 g/mol. The molecule has 7 nitrogen and oxygen atoms in total. The van der Waals surface area contributed by atoms with Gasteiger partial charge in [0.1, 0.15) is 16.0 Å². The Balaban J connectivity index is 1.74. The first-order valence-electron chi connectivity index (χ1n) is 11.3. The fourth-order valence-corrected chi connectivity index (χ4v) is 5.16. The fourth-order valence-electron chi connectivity index (χ4n) is 3.85. The molecule has 1 aromatic heterocycles. The molecule has 1 aliphatic heterocycles. The quantitative estimate of drug-likeness (QED) is 0.316. The molecule has 0 spiro atoms. The van der Waals surface area contributed by atoms with Crippen LogP contribution in [0.25, 0.3) is 6.08 Å². The van der Waals surface area contributed by atoms with Gasteiger partial charge in [-0.1, -0.05) is 67.7 Å². The molecule has 0 unspecified atom stereocenters. The number of Topliss-reactive ketones (excluding diaryl/α,β-unsaturated/α-hetero) is 1. The van der Waals surface area contributed by atoms with Crippen molar-refractivity contribution >= 4 is 46.1 Å². The molecule has 0 aliphatic carbocycles. The van der Waals surface area contributed by atoms with Gasteiger partial charge in [0, 0.05) is 19.5 Å². The van der Waals surface area contributed by atoms with E-state index < -0.39 is 17.2 Å². The lowest BCUT2D eigenvalue weighted by Gasteiger charge is -2.17. The molecule has 1 aliphatic rings. The summed E-state index contributed by atoms with van der Waals surface area (Å²) >= 11 is 6.60. The summed E-state index contributed by atoms with van der Waals surface area (Å²) in [5, 5.41) is 20.2. The summed E-state index contributed by atoms with van der Waals surface area (Å²) in [7, 11) is 0. The summed E-state index contributed by atoms with van der Waals surface area (Å²) < 4.78 is 1.51. The van der Waals surface area contributed by atoms with Crippen LogP contribution in [0.5, 0.6) is 5.88 Å². The second kappa shape index (κ2) is 11.0. The summed E-state index contributed by atoms with van der Waals surface area (Å²) in [6, 6.07) is 9.67. The first kappa shape index (κ1) is 26.4. The second-order valence-corrected chi connectivity index (χ2v) is 10.6. The predicted molar refractivity (Wildman–Crippen MR) is 141 cm³/mol. The van der Waals surface area contributed by atoms with E-state index in [1.54, 1.807) is 6.08 Å². The lowest BCUT2D eigenvalue weighted by atomic mass is 9.98. The van der Waals surface area contributed by atoms with Crippen LogP contribution in [0.3, 0.4) is 0 Å². The highest BCUT2D eigenvalue weighted by Crippen LogP contribution is 2.33. The number of hydrogen-bond acceptors (Lipinski definition) is 7. The third-order valence-corrected chi connectivity index (χ3v) is 7.04. The number of hydrogen-bond donors (Lipinski definition) is 1. The third-order valence-electron chi connectivity index (χ3n) is 5.66. The Morgan fingerprint density at radius 3 is 2.49 bits per heavy atom. The first-order chi connectivity index (χ1) is 16.5. The average molecular weight is 510 g/mol. The number of thioether (sulfide) groups is 1. The van der Waals surface area contributed by atoms with Crippen molar-refractivity contribution in [1.82, 2.24) is 9.47 Å². The topological polar surface area (TPSA) is 103 Å². The van der Waals surface area contributed by atoms with Crippen molar-refractivity contribution in [3.05, 3.63) is 67.3 Å². The molecule has 0 atom stereocenters. The highest BCUT2D eigenvalue weighted by molar-refractivity contribution is 8.26. The van der Waals surface area contributed by atoms with Crippen LogP contribution in [0.1, 0.15) is 59.3 Å². The molecule has 1 saturated heterocycles. The highest BCUT2D eigenvalue weighted by atomic mass is 32.2. The summed E-state index contributed by atoms with van der Waals surface area (Å²) in [4.78, 5) is 40.5. The number of aryl methyl sites for hydroxylation is 1. The van der Waals surface area contributed by atoms with Crippen molar-refractivity contribution in [3.8, 4) is 11.9 Å². The molecule has 35 heavy (non-hydrogen) atoms. The molecule has 1 aromatic carbocycles. The summed E-state index contributed by atoms with van der Waals surface area (Å²) in [5.74, 6) is -0.992. The molecule has 1 N–H and O–H groups in total. The molecule has 0 bridgehead atoms. The number of thiocarbonyl (C=S) groups is 1. The van der Waals surface area contributed by atoms with Crippen molar-refractivity contribution in [2.24, 2.45) is 5.92 Å². The van der Waals surface area contributed by atoms with E-state index in [0.717, 1.165) is 15.7 Å². The van der Waals surface area contributed by atoms with Crippen LogP contribution in [0, 0.1) is 31.1 Å². The number of nitrogens with zero attached hydrogens (tertiary/aromatic N) is 3. The summed E-state index contributed by atoms with van der Waals surface area (Å²) in [6.45, 7) is 7.65. The van der Waals surface area contributed by atoms with Gasteiger partial charge >= 0.3 is 0 Å². The maximum Gasteiger partial charge on any atom is 0.271 e. The summed E-state index contributed by atoms with van der Waals surface area (Å²) in [6.07, 6.45) is 2.13. The Bertz CT molecular complexity index is 1320. The number of benzene rings is 1. The van der Waals surface area contributed by atoms with Gasteiger partial charge in [-0.3, -0.25) is 23.9 Å². The zero-order chi connectivity index (χ0) is 25.9. The van der Waals surface area contributed by atoms with Crippen molar-refractivity contribution in [1.29, 1.82) is 5.26 Å². The molecule has 1 fully saturated rings. The zero-order valence-corrected chi connectivity index (χ0v) is 21.8. The molecule has 1 amide bonds. The molecule has 0 saturated carbocycles. The minimum atomic E-state index is -0.606. The van der Waals surface area contributed by atoms with Gasteiger partial charge in [-0.15, -0.1) is 0 Å². The van der Waals surface area contributed by atoms with Gasteiger partial charge in [-0.05, 0) is 43.4 Å². The van der Waals surface area contributed by atoms with Gasteiger partial charge in [0.15, 0.2) is 5.78 Å². The van der Waals surface area contributed by atoms with Gasteiger partial charge in [-0.25, -0.2) is 0 Å². The normalized spacial score (nSPS) is 14.7. The number of aromatic hydroxyl groups is 1. The van der Waals surface area contributed by atoms with Crippen LogP contribution in [0.2, 0.25) is 0 Å². The Morgan fingerprint density at radius 2 is 1.89 bits per heavy atom. The van der Waals surface area contributed by atoms with E-state index >= 15 is 0 Å². The van der Waals surface area contributed by atoms with Gasteiger partial charge in [0.05, 0.1) is 10.5 Å². The molecule has 0 radical (unpaired) electrons. The maximum atomic E-state index is 13.0. The standard InChI is InChI=1S/C26H27N3O4S2/c1-15(2)14-29-23(31)19(13-27)17(4)22(25(29)33)20(30)6-5-11-28-24(32)21(35-26(28)34)12-18-9-7-16(3)8-10-18/h7-10,12,15,33H,5-6,11,14H2,1-4H3/b21-12-. The van der Waals surface area contributed by atoms with E-state index in [0.29, 0.717) is 15.6 Å². The van der Waals surface area contributed by atoms with Crippen LogP contribution >= 0.6 is 24.0 Å². The number of pyridine rings is 1. The van der Waals surface area contributed by atoms with Gasteiger partial charge in [0.25, 0.3) is 11.5 Å². The number of carbonyl (C=O) groups excluding carboxylic acids is 2. The summed E-state index contributed by atoms with van der Waals surface area (Å²) in [5.41, 5.74) is 1.43. The van der Waals surface area contributed by atoms with Crippen LogP contribution < -0.4 is 5.56 Å². The predicted octanol–water partition coefficient (Wildman–Crippen LogP) is 4.56. The average Bonchev–Trinajstić information content (AvgIpc) is 3.05. The van der Waals surface area contributed by atoms with Gasteiger partial charge < -0.3 is 5.11 Å². The van der Waals surface area contributed by atoms with E-state index in [1.807, 2.05) is 51.1 Å². The second-order valence-electron chi connectivity index (χ2n) is 8.89. The minimum Gasteiger partial charge on any atom is -0.494 e. The van der Waals surface area contributed by atoms with Crippen molar-refractivity contribution < 1.29 is 14.7 Å². The molecule has 2 heterocycles. The monoisotopic (exact) mass is 509 g/mol. The Labute approximate surface area is 214 Å². The lowest BCUT2D eigenvalue weighted by molar-refractivity contribution is -0.122. The van der Waals surface area contributed by atoms with Crippen molar-refractivity contribution in [2.45, 2.75) is 47.1 Å². The molecular formula is C26H27N3O4S2. The molecule has 3 rings (SSSR count). The number of aromatic nitrogens is 1. The van der Waals surface area contributed by atoms with Crippen LogP contribution in [-0.4, -0.2) is 37.1 Å². The Hall–Kier alpha value is -3.22. The maximum absolute atomic E-state index is 13.0.